The second-order valence-electron chi connectivity index (χ2n) is 8.39. The average molecular weight is 325 g/mol. The summed E-state index contributed by atoms with van der Waals surface area (Å²) in [5.74, 6) is 0. The van der Waals surface area contributed by atoms with Crippen molar-refractivity contribution in [2.75, 3.05) is 0 Å². The summed E-state index contributed by atoms with van der Waals surface area (Å²) in [5.41, 5.74) is 6.14. The Bertz CT molecular complexity index is 529. The molecule has 2 aromatic rings. The van der Waals surface area contributed by atoms with Crippen molar-refractivity contribution in [2.45, 2.75) is 79.1 Å². The molecule has 0 amide bonds. The van der Waals surface area contributed by atoms with Gasteiger partial charge in [0.2, 0.25) is 0 Å². The molecule has 2 rings (SSSR count). The maximum absolute atomic E-state index is 2.28. The van der Waals surface area contributed by atoms with Crippen molar-refractivity contribution in [3.05, 3.63) is 70.8 Å². The Morgan fingerprint density at radius 2 is 0.750 bits per heavy atom. The van der Waals surface area contributed by atoms with Crippen LogP contribution in [0.3, 0.4) is 0 Å². The van der Waals surface area contributed by atoms with Crippen LogP contribution in [0.25, 0.3) is 0 Å². The molecule has 0 aliphatic carbocycles. The Morgan fingerprint density at radius 3 is 0.958 bits per heavy atom. The molecule has 0 bridgehead atoms. The van der Waals surface area contributed by atoms with E-state index in [1.807, 2.05) is 13.8 Å². The zero-order valence-corrected chi connectivity index (χ0v) is 17.0. The first-order valence-corrected chi connectivity index (χ1v) is 9.35. The second-order valence-corrected chi connectivity index (χ2v) is 8.39. The first-order valence-electron chi connectivity index (χ1n) is 9.35. The zero-order valence-electron chi connectivity index (χ0n) is 17.0. The van der Waals surface area contributed by atoms with E-state index in [4.69, 9.17) is 0 Å². The van der Waals surface area contributed by atoms with Crippen LogP contribution in [0, 0.1) is 0 Å². The van der Waals surface area contributed by atoms with Crippen LogP contribution in [-0.2, 0) is 23.7 Å². The lowest BCUT2D eigenvalue weighted by atomic mass is 9.86. The van der Waals surface area contributed by atoms with Gasteiger partial charge in [-0.1, -0.05) is 104 Å². The lowest BCUT2D eigenvalue weighted by molar-refractivity contribution is 0.589. The number of hydrogen-bond donors (Lipinski definition) is 0. The van der Waals surface area contributed by atoms with Gasteiger partial charge in [-0.3, -0.25) is 0 Å². The first kappa shape index (κ1) is 20.5. The van der Waals surface area contributed by atoms with Gasteiger partial charge in [0.05, 0.1) is 0 Å². The fourth-order valence-corrected chi connectivity index (χ4v) is 2.63. The summed E-state index contributed by atoms with van der Waals surface area (Å²) in [6.45, 7) is 17.6. The summed E-state index contributed by atoms with van der Waals surface area (Å²) in [6, 6.07) is 18.2. The average Bonchev–Trinajstić information content (AvgIpc) is 2.54. The molecule has 0 unspecified atom stereocenters. The molecule has 0 aromatic heterocycles. The molecule has 0 heterocycles. The van der Waals surface area contributed by atoms with Crippen LogP contribution in [0.15, 0.2) is 48.5 Å². The van der Waals surface area contributed by atoms with E-state index in [9.17, 15) is 0 Å². The predicted molar refractivity (Wildman–Crippen MR) is 109 cm³/mol. The molecular formula is C24H36. The molecule has 0 fully saturated rings. The lowest BCUT2D eigenvalue weighted by Crippen LogP contribution is -2.11. The van der Waals surface area contributed by atoms with Gasteiger partial charge in [-0.2, -0.15) is 0 Å². The summed E-state index contributed by atoms with van der Waals surface area (Å²) in [6.07, 6.45) is 2.22. The van der Waals surface area contributed by atoms with Gasteiger partial charge in [-0.25, -0.2) is 0 Å². The van der Waals surface area contributed by atoms with E-state index in [0.29, 0.717) is 0 Å². The summed E-state index contributed by atoms with van der Waals surface area (Å²) >= 11 is 0. The van der Waals surface area contributed by atoms with Gasteiger partial charge in [-0.05, 0) is 45.9 Å². The normalized spacial score (nSPS) is 11.7. The Hall–Kier alpha value is -1.56. The number of benzene rings is 2. The van der Waals surface area contributed by atoms with E-state index >= 15 is 0 Å². The maximum Gasteiger partial charge on any atom is -0.0132 e. The highest BCUT2D eigenvalue weighted by molar-refractivity contribution is 5.30. The first-order chi connectivity index (χ1) is 11.2. The van der Waals surface area contributed by atoms with Crippen molar-refractivity contribution in [1.29, 1.82) is 0 Å². The van der Waals surface area contributed by atoms with Crippen molar-refractivity contribution in [2.24, 2.45) is 0 Å². The quantitative estimate of drug-likeness (QED) is 0.565. The molecule has 24 heavy (non-hydrogen) atoms. The fraction of sp³-hybridized carbons (Fsp3) is 0.500. The third-order valence-corrected chi connectivity index (χ3v) is 4.34. The molecule has 0 saturated carbocycles. The highest BCUT2D eigenvalue weighted by Crippen LogP contribution is 2.24. The predicted octanol–water partition coefficient (Wildman–Crippen LogP) is 7.09. The van der Waals surface area contributed by atoms with Crippen LogP contribution in [-0.4, -0.2) is 0 Å². The van der Waals surface area contributed by atoms with Crippen molar-refractivity contribution in [1.82, 2.24) is 0 Å². The molecule has 132 valence electrons. The third-order valence-electron chi connectivity index (χ3n) is 4.34. The Kier molecular flexibility index (Phi) is 7.27. The topological polar surface area (TPSA) is 0 Å². The molecule has 0 aliphatic heterocycles. The number of aryl methyl sites for hydroxylation is 2. The minimum absolute atomic E-state index is 0.237. The minimum atomic E-state index is 0.237. The van der Waals surface area contributed by atoms with E-state index in [1.54, 1.807) is 0 Å². The van der Waals surface area contributed by atoms with E-state index in [1.165, 1.54) is 22.3 Å². The highest BCUT2D eigenvalue weighted by atomic mass is 14.2. The molecule has 0 nitrogen and oxygen atoms in total. The molecule has 0 spiro atoms. The van der Waals surface area contributed by atoms with E-state index < -0.39 is 0 Å². The van der Waals surface area contributed by atoms with Gasteiger partial charge in [0.1, 0.15) is 0 Å². The zero-order chi connectivity index (χ0) is 18.4. The molecule has 2 aromatic carbocycles. The number of hydrogen-bond acceptors (Lipinski definition) is 0. The standard InChI is InChI=1S/C22H30.C2H6/c1-21(2,3)19-13-9-17(10-14-19)7-8-18-11-15-20(16-12-18)22(4,5)6;1-2/h9-16H,7-8H2,1-6H3;1-2H3. The Morgan fingerprint density at radius 1 is 0.500 bits per heavy atom. The van der Waals surface area contributed by atoms with Crippen LogP contribution in [0.5, 0.6) is 0 Å². The van der Waals surface area contributed by atoms with Crippen LogP contribution < -0.4 is 0 Å². The van der Waals surface area contributed by atoms with Crippen LogP contribution in [0.1, 0.15) is 77.6 Å². The summed E-state index contributed by atoms with van der Waals surface area (Å²) in [7, 11) is 0. The highest BCUT2D eigenvalue weighted by Gasteiger charge is 2.13. The van der Waals surface area contributed by atoms with Crippen LogP contribution >= 0.6 is 0 Å². The van der Waals surface area contributed by atoms with E-state index in [0.717, 1.165) is 12.8 Å². The smallest absolute Gasteiger partial charge is 0.0132 e. The second kappa shape index (κ2) is 8.51. The fourth-order valence-electron chi connectivity index (χ4n) is 2.63. The van der Waals surface area contributed by atoms with Gasteiger partial charge < -0.3 is 0 Å². The van der Waals surface area contributed by atoms with E-state index in [2.05, 4.69) is 90.1 Å². The monoisotopic (exact) mass is 324 g/mol. The Labute approximate surface area is 150 Å². The largest absolute Gasteiger partial charge is 0.0683 e. The molecular weight excluding hydrogens is 288 g/mol. The van der Waals surface area contributed by atoms with Gasteiger partial charge in [-0.15, -0.1) is 0 Å². The van der Waals surface area contributed by atoms with Gasteiger partial charge in [0.15, 0.2) is 0 Å². The van der Waals surface area contributed by atoms with Gasteiger partial charge in [0, 0.05) is 0 Å². The van der Waals surface area contributed by atoms with Gasteiger partial charge >= 0.3 is 0 Å². The minimum Gasteiger partial charge on any atom is -0.0683 e. The van der Waals surface area contributed by atoms with Gasteiger partial charge in [0.25, 0.3) is 0 Å². The van der Waals surface area contributed by atoms with Crippen LogP contribution in [0.2, 0.25) is 0 Å². The van der Waals surface area contributed by atoms with Crippen LogP contribution in [0.4, 0.5) is 0 Å². The number of rotatable bonds is 3. The third kappa shape index (κ3) is 6.15. The lowest BCUT2D eigenvalue weighted by Gasteiger charge is -2.19. The molecule has 0 radical (unpaired) electrons. The van der Waals surface area contributed by atoms with Crippen molar-refractivity contribution >= 4 is 0 Å². The molecule has 0 atom stereocenters. The molecule has 0 heteroatoms. The van der Waals surface area contributed by atoms with Crippen molar-refractivity contribution < 1.29 is 0 Å². The van der Waals surface area contributed by atoms with Crippen molar-refractivity contribution in [3.8, 4) is 0 Å². The molecule has 0 aliphatic rings. The molecule has 0 saturated heterocycles. The summed E-state index contributed by atoms with van der Waals surface area (Å²) < 4.78 is 0. The SMILES string of the molecule is CC.CC(C)(C)c1ccc(CCc2ccc(C(C)(C)C)cc2)cc1. The Balaban J connectivity index is 0.00000139. The van der Waals surface area contributed by atoms with E-state index in [-0.39, 0.29) is 10.8 Å². The summed E-state index contributed by atoms with van der Waals surface area (Å²) in [5, 5.41) is 0. The maximum atomic E-state index is 2.28. The molecule has 0 N–H and O–H groups in total. The van der Waals surface area contributed by atoms with Crippen molar-refractivity contribution in [3.63, 3.8) is 0 Å². The summed E-state index contributed by atoms with van der Waals surface area (Å²) in [4.78, 5) is 0.